The van der Waals surface area contributed by atoms with Crippen LogP contribution in [0.25, 0.3) is 0 Å². The van der Waals surface area contributed by atoms with E-state index in [2.05, 4.69) is 13.8 Å². The normalized spacial score (nSPS) is 52.5. The van der Waals surface area contributed by atoms with Crippen LogP contribution in [0.15, 0.2) is 0 Å². The third kappa shape index (κ3) is 2.05. The van der Waals surface area contributed by atoms with E-state index in [-0.39, 0.29) is 16.7 Å². The van der Waals surface area contributed by atoms with Gasteiger partial charge in [-0.15, -0.1) is 0 Å². The molecule has 4 rings (SSSR count). The number of carbonyl (C=O) groups is 2. The highest BCUT2D eigenvalue weighted by Gasteiger charge is 2.63. The monoisotopic (exact) mass is 316 g/mol. The first-order valence-corrected chi connectivity index (χ1v) is 9.91. The van der Waals surface area contributed by atoms with Crippen LogP contribution in [-0.4, -0.2) is 11.6 Å². The van der Waals surface area contributed by atoms with Crippen LogP contribution >= 0.6 is 0 Å². The molecule has 4 aliphatic rings. The second-order valence-corrected chi connectivity index (χ2v) is 9.66. The highest BCUT2D eigenvalue weighted by atomic mass is 16.1. The van der Waals surface area contributed by atoms with Gasteiger partial charge in [-0.2, -0.15) is 0 Å². The molecule has 0 saturated heterocycles. The molecule has 0 bridgehead atoms. The molecule has 0 radical (unpaired) electrons. The molecule has 0 heterocycles. The molecule has 0 N–H and O–H groups in total. The number of hydrogen-bond acceptors (Lipinski definition) is 2. The van der Waals surface area contributed by atoms with Crippen molar-refractivity contribution >= 4 is 11.6 Å². The van der Waals surface area contributed by atoms with Crippen LogP contribution in [0.4, 0.5) is 0 Å². The molecule has 0 aromatic heterocycles. The van der Waals surface area contributed by atoms with Crippen molar-refractivity contribution in [3.05, 3.63) is 0 Å². The lowest BCUT2D eigenvalue weighted by Gasteiger charge is -2.59. The molecule has 0 aliphatic heterocycles. The van der Waals surface area contributed by atoms with E-state index in [1.165, 1.54) is 44.9 Å². The van der Waals surface area contributed by atoms with Gasteiger partial charge in [-0.1, -0.05) is 26.7 Å². The average Bonchev–Trinajstić information content (AvgIpc) is 2.82. The summed E-state index contributed by atoms with van der Waals surface area (Å²) in [5.41, 5.74) is 0.218. The molecule has 23 heavy (non-hydrogen) atoms. The summed E-state index contributed by atoms with van der Waals surface area (Å²) in [6.07, 6.45) is 10.7. The van der Waals surface area contributed by atoms with Crippen molar-refractivity contribution in [1.82, 2.24) is 0 Å². The van der Waals surface area contributed by atoms with Crippen LogP contribution in [0.2, 0.25) is 0 Å². The Kier molecular flexibility index (Phi) is 3.56. The fourth-order valence-electron chi connectivity index (χ4n) is 7.78. The van der Waals surface area contributed by atoms with Crippen molar-refractivity contribution in [1.29, 1.82) is 0 Å². The van der Waals surface area contributed by atoms with E-state index in [1.54, 1.807) is 6.92 Å². The number of ketones is 2. The number of fused-ring (bicyclic) bond motifs is 5. The summed E-state index contributed by atoms with van der Waals surface area (Å²) >= 11 is 0. The molecule has 0 amide bonds. The van der Waals surface area contributed by atoms with Crippen LogP contribution < -0.4 is 0 Å². The first-order chi connectivity index (χ1) is 10.9. The Morgan fingerprint density at radius 1 is 1.00 bits per heavy atom. The van der Waals surface area contributed by atoms with Crippen LogP contribution in [0.3, 0.4) is 0 Å². The molecule has 128 valence electrons. The Hall–Kier alpha value is -0.660. The van der Waals surface area contributed by atoms with Gasteiger partial charge >= 0.3 is 0 Å². The summed E-state index contributed by atoms with van der Waals surface area (Å²) in [7, 11) is 0. The van der Waals surface area contributed by atoms with Gasteiger partial charge in [0.2, 0.25) is 0 Å². The van der Waals surface area contributed by atoms with E-state index in [4.69, 9.17) is 0 Å². The van der Waals surface area contributed by atoms with Gasteiger partial charge in [-0.05, 0) is 74.0 Å². The van der Waals surface area contributed by atoms with E-state index >= 15 is 0 Å². The van der Waals surface area contributed by atoms with Gasteiger partial charge in [0.15, 0.2) is 0 Å². The maximum atomic E-state index is 13.3. The van der Waals surface area contributed by atoms with Crippen molar-refractivity contribution in [2.75, 3.05) is 0 Å². The molecule has 4 unspecified atom stereocenters. The SMILES string of the molecule is CC(=O)[C@H]1CCC2C3CCC4CCCC[C@]4(C)C3C(=O)C[C@@]21C. The molecule has 7 atom stereocenters. The van der Waals surface area contributed by atoms with Gasteiger partial charge in [0, 0.05) is 18.3 Å². The highest BCUT2D eigenvalue weighted by molar-refractivity contribution is 5.87. The molecule has 0 aromatic carbocycles. The summed E-state index contributed by atoms with van der Waals surface area (Å²) in [5, 5.41) is 0. The molecule has 0 spiro atoms. The predicted molar refractivity (Wildman–Crippen MR) is 90.9 cm³/mol. The molecular weight excluding hydrogens is 284 g/mol. The van der Waals surface area contributed by atoms with Gasteiger partial charge < -0.3 is 0 Å². The zero-order valence-electron chi connectivity index (χ0n) is 15.1. The molecular formula is C21H32O2. The summed E-state index contributed by atoms with van der Waals surface area (Å²) in [6.45, 7) is 6.44. The number of carbonyl (C=O) groups excluding carboxylic acids is 2. The Morgan fingerprint density at radius 3 is 2.52 bits per heavy atom. The maximum absolute atomic E-state index is 13.3. The van der Waals surface area contributed by atoms with E-state index in [9.17, 15) is 9.59 Å². The third-order valence-electron chi connectivity index (χ3n) is 8.76. The van der Waals surface area contributed by atoms with Crippen LogP contribution in [0.5, 0.6) is 0 Å². The lowest BCUT2D eigenvalue weighted by molar-refractivity contribution is -0.158. The summed E-state index contributed by atoms with van der Waals surface area (Å²) < 4.78 is 0. The Bertz CT molecular complexity index is 538. The lowest BCUT2D eigenvalue weighted by atomic mass is 9.44. The quantitative estimate of drug-likeness (QED) is 0.696. The van der Waals surface area contributed by atoms with Crippen molar-refractivity contribution in [3.8, 4) is 0 Å². The van der Waals surface area contributed by atoms with Gasteiger partial charge in [0.25, 0.3) is 0 Å². The van der Waals surface area contributed by atoms with Crippen molar-refractivity contribution < 1.29 is 9.59 Å². The first-order valence-electron chi connectivity index (χ1n) is 9.91. The third-order valence-corrected chi connectivity index (χ3v) is 8.76. The second kappa shape index (κ2) is 5.17. The lowest BCUT2D eigenvalue weighted by Crippen LogP contribution is -2.57. The average molecular weight is 316 g/mol. The fourth-order valence-corrected chi connectivity index (χ4v) is 7.78. The zero-order valence-corrected chi connectivity index (χ0v) is 15.1. The van der Waals surface area contributed by atoms with Gasteiger partial charge in [-0.3, -0.25) is 9.59 Å². The Morgan fingerprint density at radius 2 is 1.78 bits per heavy atom. The van der Waals surface area contributed by atoms with Gasteiger partial charge in [0.05, 0.1) is 0 Å². The minimum absolute atomic E-state index is 0.0397. The summed E-state index contributed by atoms with van der Waals surface area (Å²) in [6, 6.07) is 0. The highest BCUT2D eigenvalue weighted by Crippen LogP contribution is 2.66. The van der Waals surface area contributed by atoms with E-state index in [0.29, 0.717) is 35.7 Å². The number of rotatable bonds is 1. The minimum Gasteiger partial charge on any atom is -0.300 e. The molecule has 0 aromatic rings. The van der Waals surface area contributed by atoms with Crippen LogP contribution in [0.1, 0.15) is 78.6 Å². The molecule has 2 heteroatoms. The fraction of sp³-hybridized carbons (Fsp3) is 0.905. The predicted octanol–water partition coefficient (Wildman–Crippen LogP) is 4.80. The summed E-state index contributed by atoms with van der Waals surface area (Å²) in [5.74, 6) is 3.20. The Labute approximate surface area is 140 Å². The second-order valence-electron chi connectivity index (χ2n) is 9.66. The Balaban J connectivity index is 1.70. The summed E-state index contributed by atoms with van der Waals surface area (Å²) in [4.78, 5) is 25.4. The van der Waals surface area contributed by atoms with Gasteiger partial charge in [0.1, 0.15) is 11.6 Å². The topological polar surface area (TPSA) is 34.1 Å². The van der Waals surface area contributed by atoms with E-state index in [0.717, 1.165) is 12.3 Å². The number of Topliss-reactive ketones (excluding diaryl/α,β-unsaturated/α-hetero) is 2. The van der Waals surface area contributed by atoms with Gasteiger partial charge in [-0.25, -0.2) is 0 Å². The molecule has 2 nitrogen and oxygen atoms in total. The van der Waals surface area contributed by atoms with E-state index < -0.39 is 0 Å². The standard InChI is InChI=1S/C21H32O2/c1-13(22)16-9-10-17-15-8-7-14-6-4-5-11-20(14,2)19(15)18(23)12-21(16,17)3/h14-17,19H,4-12H2,1-3H3/t14?,15?,16-,17?,19?,20+,21-/m1/s1. The number of hydrogen-bond donors (Lipinski definition) is 0. The molecule has 4 saturated carbocycles. The largest absolute Gasteiger partial charge is 0.300 e. The van der Waals surface area contributed by atoms with Crippen molar-refractivity contribution in [2.24, 2.45) is 40.4 Å². The molecule has 4 fully saturated rings. The minimum atomic E-state index is -0.0397. The molecule has 4 aliphatic carbocycles. The van der Waals surface area contributed by atoms with Crippen molar-refractivity contribution in [2.45, 2.75) is 78.6 Å². The van der Waals surface area contributed by atoms with Crippen molar-refractivity contribution in [3.63, 3.8) is 0 Å². The van der Waals surface area contributed by atoms with Crippen LogP contribution in [0, 0.1) is 40.4 Å². The maximum Gasteiger partial charge on any atom is 0.137 e. The van der Waals surface area contributed by atoms with E-state index in [1.807, 2.05) is 0 Å². The smallest absolute Gasteiger partial charge is 0.137 e. The van der Waals surface area contributed by atoms with Crippen LogP contribution in [-0.2, 0) is 9.59 Å². The first kappa shape index (κ1) is 15.8. The zero-order chi connectivity index (χ0) is 16.4.